The maximum Gasteiger partial charge on any atom is 0.335 e. The van der Waals surface area contributed by atoms with Crippen LogP contribution in [0, 0.1) is 6.92 Å². The summed E-state index contributed by atoms with van der Waals surface area (Å²) in [5, 5.41) is 12.0. The fourth-order valence-corrected chi connectivity index (χ4v) is 2.48. The summed E-state index contributed by atoms with van der Waals surface area (Å²) in [7, 11) is 0. The Morgan fingerprint density at radius 1 is 1.29 bits per heavy atom. The van der Waals surface area contributed by atoms with Crippen molar-refractivity contribution in [3.63, 3.8) is 0 Å². The lowest BCUT2D eigenvalue weighted by molar-refractivity contribution is -0.131. The number of aromatic carboxylic acids is 1. The number of hydrogen-bond donors (Lipinski definition) is 2. The lowest BCUT2D eigenvalue weighted by Gasteiger charge is -2.26. The van der Waals surface area contributed by atoms with Crippen molar-refractivity contribution in [3.05, 3.63) is 23.4 Å². The number of rotatable bonds is 5. The quantitative estimate of drug-likeness (QED) is 0.866. The van der Waals surface area contributed by atoms with Crippen LogP contribution in [0.5, 0.6) is 0 Å². The normalized spacial score (nSPS) is 14.8. The van der Waals surface area contributed by atoms with Gasteiger partial charge in [0.15, 0.2) is 0 Å². The highest BCUT2D eigenvalue weighted by Gasteiger charge is 2.15. The van der Waals surface area contributed by atoms with E-state index in [0.717, 1.165) is 25.9 Å². The zero-order chi connectivity index (χ0) is 15.2. The molecule has 0 atom stereocenters. The molecule has 114 valence electrons. The number of carbonyl (C=O) groups is 2. The third-order valence-electron chi connectivity index (χ3n) is 3.55. The topological polar surface area (TPSA) is 82.5 Å². The third kappa shape index (κ3) is 4.44. The Bertz CT molecular complexity index is 525. The number of anilines is 1. The fourth-order valence-electron chi connectivity index (χ4n) is 2.48. The van der Waals surface area contributed by atoms with Crippen molar-refractivity contribution in [1.82, 2.24) is 9.88 Å². The van der Waals surface area contributed by atoms with Crippen LogP contribution in [-0.4, -0.2) is 46.5 Å². The highest BCUT2D eigenvalue weighted by atomic mass is 16.4. The first-order chi connectivity index (χ1) is 10.1. The lowest BCUT2D eigenvalue weighted by Crippen LogP contribution is -2.36. The highest BCUT2D eigenvalue weighted by molar-refractivity contribution is 5.88. The van der Waals surface area contributed by atoms with E-state index in [1.54, 1.807) is 6.92 Å². The number of nitrogens with zero attached hydrogens (tertiary/aromatic N) is 2. The predicted octanol–water partition coefficient (Wildman–Crippen LogP) is 1.90. The summed E-state index contributed by atoms with van der Waals surface area (Å²) >= 11 is 0. The number of amides is 1. The number of hydrogen-bond acceptors (Lipinski definition) is 4. The van der Waals surface area contributed by atoms with Crippen molar-refractivity contribution >= 4 is 17.7 Å². The second-order valence-electron chi connectivity index (χ2n) is 5.31. The van der Waals surface area contributed by atoms with Gasteiger partial charge in [0.1, 0.15) is 5.82 Å². The fraction of sp³-hybridized carbons (Fsp3) is 0.533. The average Bonchev–Trinajstić information content (AvgIpc) is 2.47. The van der Waals surface area contributed by atoms with E-state index in [9.17, 15) is 9.59 Å². The standard InChI is InChI=1S/C15H21N3O3/c1-11-9-12(15(20)21)10-13(17-11)16-6-5-14(19)18-7-3-2-4-8-18/h9-10H,2-8H2,1H3,(H,16,17)(H,20,21). The number of likely N-dealkylation sites (tertiary alicyclic amines) is 1. The number of carbonyl (C=O) groups excluding carboxylic acids is 1. The van der Waals surface area contributed by atoms with Crippen LogP contribution in [0.3, 0.4) is 0 Å². The van der Waals surface area contributed by atoms with Crippen LogP contribution in [0.25, 0.3) is 0 Å². The van der Waals surface area contributed by atoms with E-state index in [1.807, 2.05) is 4.90 Å². The van der Waals surface area contributed by atoms with Crippen molar-refractivity contribution in [3.8, 4) is 0 Å². The second kappa shape index (κ2) is 7.06. The molecule has 21 heavy (non-hydrogen) atoms. The predicted molar refractivity (Wildman–Crippen MR) is 79.5 cm³/mol. The molecule has 1 aliphatic rings. The summed E-state index contributed by atoms with van der Waals surface area (Å²) in [5.74, 6) is -0.333. The van der Waals surface area contributed by atoms with Crippen LogP contribution in [0.4, 0.5) is 5.82 Å². The molecule has 2 N–H and O–H groups in total. The van der Waals surface area contributed by atoms with Gasteiger partial charge in [0.2, 0.25) is 5.91 Å². The van der Waals surface area contributed by atoms with Crippen molar-refractivity contribution in [1.29, 1.82) is 0 Å². The maximum atomic E-state index is 12.0. The van der Waals surface area contributed by atoms with Crippen LogP contribution in [0.2, 0.25) is 0 Å². The summed E-state index contributed by atoms with van der Waals surface area (Å²) in [4.78, 5) is 29.1. The Balaban J connectivity index is 1.85. The van der Waals surface area contributed by atoms with Crippen molar-refractivity contribution in [2.45, 2.75) is 32.6 Å². The number of pyridine rings is 1. The van der Waals surface area contributed by atoms with Crippen LogP contribution < -0.4 is 5.32 Å². The molecule has 1 fully saturated rings. The first kappa shape index (κ1) is 15.3. The third-order valence-corrected chi connectivity index (χ3v) is 3.55. The van der Waals surface area contributed by atoms with Gasteiger partial charge < -0.3 is 15.3 Å². The van der Waals surface area contributed by atoms with Gasteiger partial charge in [0, 0.05) is 31.7 Å². The molecular weight excluding hydrogens is 270 g/mol. The van der Waals surface area contributed by atoms with Crippen molar-refractivity contribution < 1.29 is 14.7 Å². The van der Waals surface area contributed by atoms with Crippen LogP contribution >= 0.6 is 0 Å². The monoisotopic (exact) mass is 291 g/mol. The van der Waals surface area contributed by atoms with Crippen LogP contribution in [0.1, 0.15) is 41.7 Å². The molecule has 0 spiro atoms. The molecule has 1 aromatic heterocycles. The molecule has 6 nitrogen and oxygen atoms in total. The van der Waals surface area contributed by atoms with E-state index in [1.165, 1.54) is 18.6 Å². The van der Waals surface area contributed by atoms with E-state index in [0.29, 0.717) is 24.5 Å². The van der Waals surface area contributed by atoms with Gasteiger partial charge in [-0.2, -0.15) is 0 Å². The van der Waals surface area contributed by atoms with E-state index in [-0.39, 0.29) is 11.5 Å². The summed E-state index contributed by atoms with van der Waals surface area (Å²) < 4.78 is 0. The summed E-state index contributed by atoms with van der Waals surface area (Å²) in [6, 6.07) is 3.01. The Kier molecular flexibility index (Phi) is 5.14. The molecule has 0 saturated carbocycles. The van der Waals surface area contributed by atoms with Crippen molar-refractivity contribution in [2.24, 2.45) is 0 Å². The molecule has 0 radical (unpaired) electrons. The van der Waals surface area contributed by atoms with Crippen LogP contribution in [-0.2, 0) is 4.79 Å². The van der Waals surface area contributed by atoms with Gasteiger partial charge in [-0.15, -0.1) is 0 Å². The number of carboxylic acid groups (broad SMARTS) is 1. The highest BCUT2D eigenvalue weighted by Crippen LogP contribution is 2.12. The Labute approximate surface area is 124 Å². The number of carboxylic acids is 1. The van der Waals surface area contributed by atoms with E-state index < -0.39 is 5.97 Å². The van der Waals surface area contributed by atoms with Gasteiger partial charge in [0.25, 0.3) is 0 Å². The largest absolute Gasteiger partial charge is 0.478 e. The number of aryl methyl sites for hydroxylation is 1. The number of piperidine rings is 1. The smallest absolute Gasteiger partial charge is 0.335 e. The lowest BCUT2D eigenvalue weighted by atomic mass is 10.1. The zero-order valence-corrected chi connectivity index (χ0v) is 12.3. The minimum Gasteiger partial charge on any atom is -0.478 e. The molecule has 1 amide bonds. The number of aromatic nitrogens is 1. The molecule has 0 aromatic carbocycles. The first-order valence-electron chi connectivity index (χ1n) is 7.30. The summed E-state index contributed by atoms with van der Waals surface area (Å²) in [6.07, 6.45) is 3.77. The van der Waals surface area contributed by atoms with Crippen LogP contribution in [0.15, 0.2) is 12.1 Å². The van der Waals surface area contributed by atoms with Gasteiger partial charge in [-0.05, 0) is 38.3 Å². The molecule has 1 saturated heterocycles. The molecular formula is C15H21N3O3. The molecule has 0 unspecified atom stereocenters. The molecule has 2 heterocycles. The van der Waals surface area contributed by atoms with Gasteiger partial charge in [0.05, 0.1) is 5.56 Å². The molecule has 0 aliphatic carbocycles. The molecule has 6 heteroatoms. The Morgan fingerprint density at radius 2 is 2.00 bits per heavy atom. The molecule has 2 rings (SSSR count). The first-order valence-corrected chi connectivity index (χ1v) is 7.30. The maximum absolute atomic E-state index is 12.0. The molecule has 1 aromatic rings. The minimum absolute atomic E-state index is 0.147. The van der Waals surface area contributed by atoms with E-state index in [4.69, 9.17) is 5.11 Å². The second-order valence-corrected chi connectivity index (χ2v) is 5.31. The van der Waals surface area contributed by atoms with E-state index in [2.05, 4.69) is 10.3 Å². The van der Waals surface area contributed by atoms with Gasteiger partial charge in [-0.3, -0.25) is 4.79 Å². The van der Waals surface area contributed by atoms with Crippen molar-refractivity contribution in [2.75, 3.05) is 25.0 Å². The van der Waals surface area contributed by atoms with Gasteiger partial charge >= 0.3 is 5.97 Å². The van der Waals surface area contributed by atoms with Gasteiger partial charge in [-0.25, -0.2) is 9.78 Å². The Hall–Kier alpha value is -2.11. The minimum atomic E-state index is -0.979. The average molecular weight is 291 g/mol. The molecule has 1 aliphatic heterocycles. The van der Waals surface area contributed by atoms with E-state index >= 15 is 0 Å². The zero-order valence-electron chi connectivity index (χ0n) is 12.3. The number of nitrogens with one attached hydrogen (secondary N) is 1. The SMILES string of the molecule is Cc1cc(C(=O)O)cc(NCCC(=O)N2CCCCC2)n1. The van der Waals surface area contributed by atoms with Gasteiger partial charge in [-0.1, -0.05) is 0 Å². The summed E-state index contributed by atoms with van der Waals surface area (Å²) in [6.45, 7) is 3.91. The summed E-state index contributed by atoms with van der Waals surface area (Å²) in [5.41, 5.74) is 0.840. The Morgan fingerprint density at radius 3 is 2.67 bits per heavy atom. The molecule has 0 bridgehead atoms.